The Hall–Kier alpha value is -0.750. The van der Waals surface area contributed by atoms with Crippen molar-refractivity contribution < 1.29 is 13.2 Å². The number of rotatable bonds is 4. The van der Waals surface area contributed by atoms with Crippen LogP contribution in [0.4, 0.5) is 18.9 Å². The van der Waals surface area contributed by atoms with Crippen molar-refractivity contribution in [1.29, 1.82) is 0 Å². The Labute approximate surface area is 131 Å². The van der Waals surface area contributed by atoms with E-state index >= 15 is 0 Å². The minimum atomic E-state index is -4.34. The predicted molar refractivity (Wildman–Crippen MR) is 82.7 cm³/mol. The molecule has 0 aliphatic carbocycles. The van der Waals surface area contributed by atoms with E-state index in [-0.39, 0.29) is 17.8 Å². The summed E-state index contributed by atoms with van der Waals surface area (Å²) in [5.74, 6) is 0. The van der Waals surface area contributed by atoms with Gasteiger partial charge in [0.25, 0.3) is 0 Å². The van der Waals surface area contributed by atoms with Gasteiger partial charge in [-0.1, -0.05) is 15.9 Å². The van der Waals surface area contributed by atoms with Gasteiger partial charge in [0.15, 0.2) is 0 Å². The van der Waals surface area contributed by atoms with Crippen LogP contribution in [0.5, 0.6) is 0 Å². The Balaban J connectivity index is 2.36. The summed E-state index contributed by atoms with van der Waals surface area (Å²) in [6, 6.07) is 4.42. The van der Waals surface area contributed by atoms with Crippen LogP contribution in [-0.2, 0) is 6.18 Å². The molecule has 2 rings (SSSR count). The van der Waals surface area contributed by atoms with Crippen LogP contribution < -0.4 is 10.2 Å². The number of hydrogen-bond donors (Lipinski definition) is 1. The molecule has 0 aromatic heterocycles. The zero-order valence-corrected chi connectivity index (χ0v) is 13.8. The van der Waals surface area contributed by atoms with Gasteiger partial charge in [0, 0.05) is 23.1 Å². The summed E-state index contributed by atoms with van der Waals surface area (Å²) in [5, 5.41) is 3.35. The Bertz CT molecular complexity index is 482. The van der Waals surface area contributed by atoms with Gasteiger partial charge in [0.1, 0.15) is 0 Å². The standard InChI is InChI=1S/C15H20BrF3N2/c1-10(2)21(9-12-4-3-7-20-12)14-8-11(16)5-6-13(14)15(17,18)19/h5-6,8,10,12,20H,3-4,7,9H2,1-2H3. The monoisotopic (exact) mass is 364 g/mol. The molecule has 0 amide bonds. The first-order valence-electron chi connectivity index (χ1n) is 7.16. The minimum absolute atomic E-state index is 0.00259. The van der Waals surface area contributed by atoms with Crippen molar-refractivity contribution in [2.45, 2.75) is 44.9 Å². The second-order valence-corrected chi connectivity index (χ2v) is 6.61. The Morgan fingerprint density at radius 3 is 2.62 bits per heavy atom. The van der Waals surface area contributed by atoms with E-state index in [2.05, 4.69) is 21.2 Å². The summed E-state index contributed by atoms with van der Waals surface area (Å²) < 4.78 is 40.4. The van der Waals surface area contributed by atoms with Gasteiger partial charge < -0.3 is 10.2 Å². The SMILES string of the molecule is CC(C)N(CC1CCCN1)c1cc(Br)ccc1C(F)(F)F. The number of anilines is 1. The lowest BCUT2D eigenvalue weighted by Crippen LogP contribution is -2.42. The van der Waals surface area contributed by atoms with Crippen LogP contribution >= 0.6 is 15.9 Å². The van der Waals surface area contributed by atoms with Gasteiger partial charge in [-0.25, -0.2) is 0 Å². The van der Waals surface area contributed by atoms with Crippen LogP contribution in [0.3, 0.4) is 0 Å². The van der Waals surface area contributed by atoms with Crippen LogP contribution in [0.15, 0.2) is 22.7 Å². The van der Waals surface area contributed by atoms with Gasteiger partial charge in [0.2, 0.25) is 0 Å². The molecule has 1 N–H and O–H groups in total. The van der Waals surface area contributed by atoms with E-state index in [0.717, 1.165) is 25.5 Å². The van der Waals surface area contributed by atoms with Crippen LogP contribution in [-0.4, -0.2) is 25.2 Å². The molecule has 6 heteroatoms. The molecule has 1 unspecified atom stereocenters. The third-order valence-electron chi connectivity index (χ3n) is 3.78. The van der Waals surface area contributed by atoms with Crippen molar-refractivity contribution >= 4 is 21.6 Å². The fourth-order valence-electron chi connectivity index (χ4n) is 2.72. The first-order chi connectivity index (χ1) is 9.79. The lowest BCUT2D eigenvalue weighted by molar-refractivity contribution is -0.137. The maximum Gasteiger partial charge on any atom is 0.418 e. The van der Waals surface area contributed by atoms with Gasteiger partial charge >= 0.3 is 6.18 Å². The van der Waals surface area contributed by atoms with E-state index in [1.165, 1.54) is 6.07 Å². The van der Waals surface area contributed by atoms with E-state index in [1.807, 2.05) is 18.7 Å². The molecule has 21 heavy (non-hydrogen) atoms. The third-order valence-corrected chi connectivity index (χ3v) is 4.27. The van der Waals surface area contributed by atoms with Gasteiger partial charge in [-0.05, 0) is 51.4 Å². The first-order valence-corrected chi connectivity index (χ1v) is 7.95. The third kappa shape index (κ3) is 4.13. The molecule has 1 aliphatic rings. The van der Waals surface area contributed by atoms with E-state index in [4.69, 9.17) is 0 Å². The second kappa shape index (κ2) is 6.57. The molecule has 1 aromatic rings. The molecule has 0 bridgehead atoms. The van der Waals surface area contributed by atoms with Gasteiger partial charge in [-0.15, -0.1) is 0 Å². The van der Waals surface area contributed by atoms with Crippen LogP contribution in [0.2, 0.25) is 0 Å². The maximum atomic E-state index is 13.3. The molecule has 1 atom stereocenters. The zero-order valence-electron chi connectivity index (χ0n) is 12.2. The molecule has 0 saturated carbocycles. The van der Waals surface area contributed by atoms with E-state index in [9.17, 15) is 13.2 Å². The Morgan fingerprint density at radius 1 is 1.38 bits per heavy atom. The number of hydrogen-bond acceptors (Lipinski definition) is 2. The van der Waals surface area contributed by atoms with Gasteiger partial charge in [0.05, 0.1) is 11.3 Å². The summed E-state index contributed by atoms with van der Waals surface area (Å²) in [7, 11) is 0. The van der Waals surface area contributed by atoms with Gasteiger partial charge in [-0.3, -0.25) is 0 Å². The Morgan fingerprint density at radius 2 is 2.10 bits per heavy atom. The van der Waals surface area contributed by atoms with Crippen molar-refractivity contribution in [2.75, 3.05) is 18.0 Å². The summed E-state index contributed by atoms with van der Waals surface area (Å²) in [4.78, 5) is 1.84. The highest BCUT2D eigenvalue weighted by Gasteiger charge is 2.36. The van der Waals surface area contributed by atoms with Crippen molar-refractivity contribution in [3.63, 3.8) is 0 Å². The molecule has 1 saturated heterocycles. The highest BCUT2D eigenvalue weighted by molar-refractivity contribution is 9.10. The number of nitrogens with one attached hydrogen (secondary N) is 1. The predicted octanol–water partition coefficient (Wildman–Crippen LogP) is 4.43. The molecular formula is C15H20BrF3N2. The number of nitrogens with zero attached hydrogens (tertiary/aromatic N) is 1. The quantitative estimate of drug-likeness (QED) is 0.849. The summed E-state index contributed by atoms with van der Waals surface area (Å²) >= 11 is 3.28. The smallest absolute Gasteiger partial charge is 0.367 e. The zero-order chi connectivity index (χ0) is 15.6. The molecule has 1 aromatic carbocycles. The Kier molecular flexibility index (Phi) is 5.20. The van der Waals surface area contributed by atoms with Crippen molar-refractivity contribution in [2.24, 2.45) is 0 Å². The number of halogens is 4. The van der Waals surface area contributed by atoms with E-state index in [1.54, 1.807) is 6.07 Å². The highest BCUT2D eigenvalue weighted by atomic mass is 79.9. The van der Waals surface area contributed by atoms with Crippen LogP contribution in [0, 0.1) is 0 Å². The minimum Gasteiger partial charge on any atom is -0.367 e. The van der Waals surface area contributed by atoms with Crippen molar-refractivity contribution in [3.05, 3.63) is 28.2 Å². The second-order valence-electron chi connectivity index (χ2n) is 5.70. The molecule has 118 valence electrons. The fourth-order valence-corrected chi connectivity index (χ4v) is 3.07. The number of benzene rings is 1. The maximum absolute atomic E-state index is 13.3. The molecular weight excluding hydrogens is 345 g/mol. The molecule has 1 heterocycles. The van der Waals surface area contributed by atoms with E-state index in [0.29, 0.717) is 11.0 Å². The van der Waals surface area contributed by atoms with Crippen molar-refractivity contribution in [3.8, 4) is 0 Å². The highest BCUT2D eigenvalue weighted by Crippen LogP contribution is 2.39. The first kappa shape index (κ1) is 16.6. The molecule has 1 aliphatic heterocycles. The lowest BCUT2D eigenvalue weighted by Gasteiger charge is -2.33. The lowest BCUT2D eigenvalue weighted by atomic mass is 10.1. The summed E-state index contributed by atoms with van der Waals surface area (Å²) in [5.41, 5.74) is -0.321. The van der Waals surface area contributed by atoms with E-state index < -0.39 is 11.7 Å². The van der Waals surface area contributed by atoms with Crippen molar-refractivity contribution in [1.82, 2.24) is 5.32 Å². The molecule has 0 radical (unpaired) electrons. The normalized spacial score (nSPS) is 19.3. The molecule has 0 spiro atoms. The van der Waals surface area contributed by atoms with Gasteiger partial charge in [-0.2, -0.15) is 13.2 Å². The molecule has 1 fully saturated rings. The largest absolute Gasteiger partial charge is 0.418 e. The molecule has 2 nitrogen and oxygen atoms in total. The average Bonchev–Trinajstić information content (AvgIpc) is 2.86. The average molecular weight is 365 g/mol. The topological polar surface area (TPSA) is 15.3 Å². The van der Waals surface area contributed by atoms with Crippen LogP contribution in [0.1, 0.15) is 32.3 Å². The number of alkyl halides is 3. The fraction of sp³-hybridized carbons (Fsp3) is 0.600. The summed E-state index contributed by atoms with van der Waals surface area (Å²) in [6.45, 7) is 5.39. The van der Waals surface area contributed by atoms with Crippen LogP contribution in [0.25, 0.3) is 0 Å². The summed E-state index contributed by atoms with van der Waals surface area (Å²) in [6.07, 6.45) is -2.24.